The highest BCUT2D eigenvalue weighted by atomic mass is 15.2. The van der Waals surface area contributed by atoms with Crippen molar-refractivity contribution in [3.05, 3.63) is 29.3 Å². The first-order valence-electron chi connectivity index (χ1n) is 6.66. The van der Waals surface area contributed by atoms with E-state index in [0.717, 1.165) is 24.8 Å². The third kappa shape index (κ3) is 2.63. The monoisotopic (exact) mass is 232 g/mol. The van der Waals surface area contributed by atoms with Crippen molar-refractivity contribution in [2.24, 2.45) is 17.6 Å². The van der Waals surface area contributed by atoms with E-state index in [1.54, 1.807) is 0 Å². The lowest BCUT2D eigenvalue weighted by Gasteiger charge is -2.20. The summed E-state index contributed by atoms with van der Waals surface area (Å²) in [5.74, 6) is 1.61. The van der Waals surface area contributed by atoms with Crippen LogP contribution in [0, 0.1) is 18.8 Å². The minimum atomic E-state index is 0.734. The molecule has 1 aliphatic rings. The first kappa shape index (κ1) is 12.4. The summed E-state index contributed by atoms with van der Waals surface area (Å²) in [5, 5.41) is 0. The van der Waals surface area contributed by atoms with Gasteiger partial charge in [-0.25, -0.2) is 0 Å². The molecule has 0 aliphatic carbocycles. The van der Waals surface area contributed by atoms with Crippen molar-refractivity contribution in [3.8, 4) is 0 Å². The highest BCUT2D eigenvalue weighted by Crippen LogP contribution is 2.28. The molecule has 2 heteroatoms. The van der Waals surface area contributed by atoms with Crippen LogP contribution in [0.5, 0.6) is 0 Å². The van der Waals surface area contributed by atoms with Gasteiger partial charge in [0.05, 0.1) is 0 Å². The number of nitrogens with zero attached hydrogens (tertiary/aromatic N) is 1. The molecule has 2 nitrogen and oxygen atoms in total. The topological polar surface area (TPSA) is 29.3 Å². The third-order valence-electron chi connectivity index (χ3n) is 4.09. The van der Waals surface area contributed by atoms with Gasteiger partial charge in [0.15, 0.2) is 0 Å². The van der Waals surface area contributed by atoms with Gasteiger partial charge in [0.25, 0.3) is 0 Å². The number of rotatable bonds is 3. The van der Waals surface area contributed by atoms with Crippen LogP contribution in [0.4, 0.5) is 5.69 Å². The summed E-state index contributed by atoms with van der Waals surface area (Å²) < 4.78 is 0. The third-order valence-corrected chi connectivity index (χ3v) is 4.09. The summed E-state index contributed by atoms with van der Waals surface area (Å²) in [5.41, 5.74) is 9.75. The van der Waals surface area contributed by atoms with Crippen LogP contribution in [-0.4, -0.2) is 19.6 Å². The number of hydrogen-bond acceptors (Lipinski definition) is 2. The molecular formula is C15H24N2. The second kappa shape index (κ2) is 5.09. The Labute approximate surface area is 105 Å². The van der Waals surface area contributed by atoms with E-state index in [9.17, 15) is 0 Å². The summed E-state index contributed by atoms with van der Waals surface area (Å²) in [6.07, 6.45) is 0.985. The molecule has 1 saturated heterocycles. The molecule has 2 N–H and O–H groups in total. The van der Waals surface area contributed by atoms with Crippen LogP contribution in [0.25, 0.3) is 0 Å². The first-order chi connectivity index (χ1) is 8.11. The molecule has 1 fully saturated rings. The van der Waals surface area contributed by atoms with Gasteiger partial charge < -0.3 is 10.6 Å². The van der Waals surface area contributed by atoms with Gasteiger partial charge in [-0.05, 0) is 55.0 Å². The van der Waals surface area contributed by atoms with Crippen molar-refractivity contribution in [2.45, 2.75) is 27.2 Å². The quantitative estimate of drug-likeness (QED) is 0.868. The number of hydrogen-bond donors (Lipinski definition) is 1. The second-order valence-electron chi connectivity index (χ2n) is 5.51. The van der Waals surface area contributed by atoms with Gasteiger partial charge in [0.2, 0.25) is 0 Å². The maximum absolute atomic E-state index is 5.62. The molecule has 2 atom stereocenters. The van der Waals surface area contributed by atoms with E-state index >= 15 is 0 Å². The van der Waals surface area contributed by atoms with E-state index < -0.39 is 0 Å². The predicted octanol–water partition coefficient (Wildman–Crippen LogP) is 2.59. The zero-order valence-electron chi connectivity index (χ0n) is 11.2. The first-order valence-corrected chi connectivity index (χ1v) is 6.66. The Hall–Kier alpha value is -1.02. The summed E-state index contributed by atoms with van der Waals surface area (Å²) in [7, 11) is 0. The second-order valence-corrected chi connectivity index (χ2v) is 5.51. The Bertz CT molecular complexity index is 377. The van der Waals surface area contributed by atoms with Crippen molar-refractivity contribution < 1.29 is 0 Å². The van der Waals surface area contributed by atoms with Crippen molar-refractivity contribution in [3.63, 3.8) is 0 Å². The molecule has 0 saturated carbocycles. The predicted molar refractivity (Wildman–Crippen MR) is 74.5 cm³/mol. The van der Waals surface area contributed by atoms with Crippen molar-refractivity contribution >= 4 is 5.69 Å². The van der Waals surface area contributed by atoms with Gasteiger partial charge in [0.1, 0.15) is 0 Å². The molecule has 1 aliphatic heterocycles. The van der Waals surface area contributed by atoms with Gasteiger partial charge in [-0.15, -0.1) is 0 Å². The van der Waals surface area contributed by atoms with E-state index in [1.165, 1.54) is 29.9 Å². The molecule has 2 unspecified atom stereocenters. The highest BCUT2D eigenvalue weighted by Gasteiger charge is 2.26. The van der Waals surface area contributed by atoms with E-state index in [2.05, 4.69) is 43.9 Å². The fourth-order valence-corrected chi connectivity index (χ4v) is 2.65. The molecule has 0 aromatic heterocycles. The minimum Gasteiger partial charge on any atom is -0.371 e. The maximum atomic E-state index is 5.62. The molecule has 0 bridgehead atoms. The minimum absolute atomic E-state index is 0.734. The molecule has 0 amide bonds. The number of anilines is 1. The summed E-state index contributed by atoms with van der Waals surface area (Å²) >= 11 is 0. The van der Waals surface area contributed by atoms with Crippen molar-refractivity contribution in [1.29, 1.82) is 0 Å². The van der Waals surface area contributed by atoms with E-state index in [-0.39, 0.29) is 0 Å². The fourth-order valence-electron chi connectivity index (χ4n) is 2.65. The Balaban J connectivity index is 2.15. The summed E-state index contributed by atoms with van der Waals surface area (Å²) in [6.45, 7) is 10.0. The molecule has 0 radical (unpaired) electrons. The van der Waals surface area contributed by atoms with Gasteiger partial charge in [-0.3, -0.25) is 0 Å². The summed E-state index contributed by atoms with van der Waals surface area (Å²) in [6, 6.07) is 6.81. The van der Waals surface area contributed by atoms with Gasteiger partial charge in [0, 0.05) is 18.8 Å². The van der Waals surface area contributed by atoms with Crippen LogP contribution >= 0.6 is 0 Å². The Morgan fingerprint density at radius 3 is 2.41 bits per heavy atom. The van der Waals surface area contributed by atoms with E-state index in [1.807, 2.05) is 0 Å². The summed E-state index contributed by atoms with van der Waals surface area (Å²) in [4.78, 5) is 2.51. The molecule has 1 aromatic carbocycles. The van der Waals surface area contributed by atoms with Gasteiger partial charge >= 0.3 is 0 Å². The Morgan fingerprint density at radius 2 is 1.88 bits per heavy atom. The van der Waals surface area contributed by atoms with E-state index in [0.29, 0.717) is 0 Å². The molecule has 1 heterocycles. The number of benzene rings is 1. The normalized spacial score (nSPS) is 24.4. The zero-order valence-corrected chi connectivity index (χ0v) is 11.2. The molecular weight excluding hydrogens is 208 g/mol. The van der Waals surface area contributed by atoms with Crippen LogP contribution in [-0.2, 0) is 6.42 Å². The molecule has 0 spiro atoms. The van der Waals surface area contributed by atoms with Crippen molar-refractivity contribution in [2.75, 3.05) is 24.5 Å². The van der Waals surface area contributed by atoms with Crippen LogP contribution in [0.2, 0.25) is 0 Å². The molecule has 94 valence electrons. The number of aryl methyl sites for hydroxylation is 1. The zero-order chi connectivity index (χ0) is 12.4. The maximum Gasteiger partial charge on any atom is 0.0369 e. The largest absolute Gasteiger partial charge is 0.371 e. The smallest absolute Gasteiger partial charge is 0.0369 e. The highest BCUT2D eigenvalue weighted by molar-refractivity contribution is 5.51. The van der Waals surface area contributed by atoms with Crippen LogP contribution < -0.4 is 10.6 Å². The van der Waals surface area contributed by atoms with Crippen molar-refractivity contribution in [1.82, 2.24) is 0 Å². The van der Waals surface area contributed by atoms with Gasteiger partial charge in [-0.2, -0.15) is 0 Å². The Morgan fingerprint density at radius 1 is 1.24 bits per heavy atom. The fraction of sp³-hybridized carbons (Fsp3) is 0.600. The Kier molecular flexibility index (Phi) is 3.72. The van der Waals surface area contributed by atoms with Gasteiger partial charge in [-0.1, -0.05) is 19.9 Å². The lowest BCUT2D eigenvalue weighted by molar-refractivity contribution is 0.494. The van der Waals surface area contributed by atoms with Crippen LogP contribution in [0.3, 0.4) is 0 Å². The van der Waals surface area contributed by atoms with Crippen LogP contribution in [0.15, 0.2) is 18.2 Å². The van der Waals surface area contributed by atoms with Crippen LogP contribution in [0.1, 0.15) is 25.0 Å². The SMILES string of the molecule is Cc1cc(N2CC(C)C(C)C2)ccc1CCN. The lowest BCUT2D eigenvalue weighted by atomic mass is 10.0. The molecule has 2 rings (SSSR count). The average Bonchev–Trinajstić information content (AvgIpc) is 2.62. The average molecular weight is 232 g/mol. The van der Waals surface area contributed by atoms with E-state index in [4.69, 9.17) is 5.73 Å². The molecule has 1 aromatic rings. The standard InChI is InChI=1S/C15H24N2/c1-11-8-15(5-4-14(11)6-7-16)17-9-12(2)13(3)10-17/h4-5,8,12-13H,6-7,9-10,16H2,1-3H3. The number of nitrogens with two attached hydrogens (primary N) is 1. The lowest BCUT2D eigenvalue weighted by Crippen LogP contribution is -2.19. The molecule has 17 heavy (non-hydrogen) atoms.